The Balaban J connectivity index is 1.38. The molecule has 2 aromatic carbocycles. The number of nitrogens with zero attached hydrogens (tertiary/aromatic N) is 1. The number of fused-ring (bicyclic) bond motifs is 1. The van der Waals surface area contributed by atoms with Gasteiger partial charge < -0.3 is 10.2 Å². The van der Waals surface area contributed by atoms with Crippen molar-refractivity contribution in [2.75, 3.05) is 18.8 Å². The predicted octanol–water partition coefficient (Wildman–Crippen LogP) is 5.11. The molecule has 5 heteroatoms. The van der Waals surface area contributed by atoms with Gasteiger partial charge in [0.2, 0.25) is 0 Å². The van der Waals surface area contributed by atoms with Gasteiger partial charge in [-0.1, -0.05) is 30.7 Å². The molecule has 1 amide bonds. The predicted molar refractivity (Wildman–Crippen MR) is 117 cm³/mol. The maximum Gasteiger partial charge on any atom is 0.252 e. The first-order chi connectivity index (χ1) is 14.2. The fourth-order valence-corrected chi connectivity index (χ4v) is 5.95. The van der Waals surface area contributed by atoms with Gasteiger partial charge in [-0.25, -0.2) is 4.39 Å². The normalized spacial score (nSPS) is 22.1. The van der Waals surface area contributed by atoms with Gasteiger partial charge >= 0.3 is 0 Å². The Morgan fingerprint density at radius 3 is 2.83 bits per heavy atom. The minimum Gasteiger partial charge on any atom is -0.348 e. The Morgan fingerprint density at radius 2 is 1.93 bits per heavy atom. The van der Waals surface area contributed by atoms with Crippen LogP contribution < -0.4 is 5.32 Å². The third kappa shape index (κ3) is 5.20. The third-order valence-electron chi connectivity index (χ3n) is 6.16. The molecule has 0 radical (unpaired) electrons. The number of benzene rings is 2. The van der Waals surface area contributed by atoms with E-state index in [9.17, 15) is 9.18 Å². The lowest BCUT2D eigenvalue weighted by atomic mass is 9.85. The molecule has 2 atom stereocenters. The topological polar surface area (TPSA) is 32.3 Å². The van der Waals surface area contributed by atoms with Gasteiger partial charge in [-0.15, -0.1) is 11.8 Å². The summed E-state index contributed by atoms with van der Waals surface area (Å²) in [5.74, 6) is 1.39. The maximum absolute atomic E-state index is 13.4. The Hall–Kier alpha value is -1.85. The van der Waals surface area contributed by atoms with Gasteiger partial charge in [0.15, 0.2) is 0 Å². The molecule has 1 N–H and O–H groups in total. The van der Waals surface area contributed by atoms with Gasteiger partial charge in [-0.05, 0) is 74.5 Å². The highest BCUT2D eigenvalue weighted by atomic mass is 32.2. The van der Waals surface area contributed by atoms with E-state index in [1.54, 1.807) is 6.07 Å². The first-order valence-electron chi connectivity index (χ1n) is 10.7. The van der Waals surface area contributed by atoms with Crippen LogP contribution in [0.1, 0.15) is 48.0 Å². The van der Waals surface area contributed by atoms with Crippen molar-refractivity contribution < 1.29 is 9.18 Å². The van der Waals surface area contributed by atoms with Crippen molar-refractivity contribution in [1.29, 1.82) is 0 Å². The molecule has 2 heterocycles. The van der Waals surface area contributed by atoms with Crippen LogP contribution >= 0.6 is 11.8 Å². The van der Waals surface area contributed by atoms with E-state index in [0.29, 0.717) is 18.0 Å². The van der Waals surface area contributed by atoms with Gasteiger partial charge in [0.25, 0.3) is 5.91 Å². The van der Waals surface area contributed by atoms with E-state index in [0.717, 1.165) is 22.3 Å². The summed E-state index contributed by atoms with van der Waals surface area (Å²) >= 11 is 1.81. The van der Waals surface area contributed by atoms with Gasteiger partial charge in [0.05, 0.1) is 5.56 Å². The summed E-state index contributed by atoms with van der Waals surface area (Å²) in [5.41, 5.74) is 1.48. The summed E-state index contributed by atoms with van der Waals surface area (Å²) in [5, 5.41) is 2.94. The molecule has 0 aromatic heterocycles. The quantitative estimate of drug-likeness (QED) is 0.669. The van der Waals surface area contributed by atoms with Crippen molar-refractivity contribution in [2.24, 2.45) is 5.92 Å². The molecule has 0 bridgehead atoms. The molecule has 0 spiro atoms. The minimum absolute atomic E-state index is 0.0969. The number of amides is 1. The monoisotopic (exact) mass is 412 g/mol. The minimum atomic E-state index is -0.281. The van der Waals surface area contributed by atoms with E-state index in [1.807, 2.05) is 42.1 Å². The highest BCUT2D eigenvalue weighted by Crippen LogP contribution is 2.35. The Morgan fingerprint density at radius 1 is 1.07 bits per heavy atom. The van der Waals surface area contributed by atoms with E-state index in [2.05, 4.69) is 10.2 Å². The highest BCUT2D eigenvalue weighted by Gasteiger charge is 2.32. The number of hydrogen-bond donors (Lipinski definition) is 1. The molecule has 2 fully saturated rings. The first-order valence-corrected chi connectivity index (χ1v) is 11.7. The van der Waals surface area contributed by atoms with Crippen LogP contribution in [0.4, 0.5) is 4.39 Å². The summed E-state index contributed by atoms with van der Waals surface area (Å²) in [6, 6.07) is 14.9. The second-order valence-electron chi connectivity index (χ2n) is 8.12. The Labute approximate surface area is 177 Å². The standard InChI is InChI=1S/C24H29FN2OS/c25-20-9-5-7-18(15-20)16-26-24(28)21-10-1-2-12-23(21)29-17-19-8-6-14-27-13-4-3-11-22(19)27/h1-2,5,7,9-10,12,15,19,22H,3-4,6,8,11,13-14,16-17H2,(H,26,28)/t19-,22+/m1/s1. The first kappa shape index (κ1) is 20.4. The molecule has 0 unspecified atom stereocenters. The van der Waals surface area contributed by atoms with E-state index in [4.69, 9.17) is 0 Å². The van der Waals surface area contributed by atoms with Crippen molar-refractivity contribution >= 4 is 17.7 Å². The van der Waals surface area contributed by atoms with Crippen LogP contribution in [0.15, 0.2) is 53.4 Å². The number of piperidine rings is 2. The molecule has 29 heavy (non-hydrogen) atoms. The molecular weight excluding hydrogens is 383 g/mol. The largest absolute Gasteiger partial charge is 0.348 e. The number of thioether (sulfide) groups is 1. The molecule has 2 saturated heterocycles. The van der Waals surface area contributed by atoms with Gasteiger partial charge in [0.1, 0.15) is 5.82 Å². The zero-order chi connectivity index (χ0) is 20.1. The summed E-state index contributed by atoms with van der Waals surface area (Å²) in [6.45, 7) is 2.84. The van der Waals surface area contributed by atoms with E-state index in [1.165, 1.54) is 57.3 Å². The lowest BCUT2D eigenvalue weighted by Gasteiger charge is -2.44. The van der Waals surface area contributed by atoms with Crippen LogP contribution in [0.3, 0.4) is 0 Å². The molecule has 154 valence electrons. The van der Waals surface area contributed by atoms with Crippen molar-refractivity contribution in [1.82, 2.24) is 10.2 Å². The summed E-state index contributed by atoms with van der Waals surface area (Å²) in [4.78, 5) is 16.5. The molecule has 2 aromatic rings. The van der Waals surface area contributed by atoms with Crippen LogP contribution in [0, 0.1) is 11.7 Å². The average Bonchev–Trinajstić information content (AvgIpc) is 2.76. The zero-order valence-electron chi connectivity index (χ0n) is 16.8. The summed E-state index contributed by atoms with van der Waals surface area (Å²) in [6.07, 6.45) is 6.59. The van der Waals surface area contributed by atoms with Gasteiger partial charge in [0, 0.05) is 23.2 Å². The molecule has 4 rings (SSSR count). The average molecular weight is 413 g/mol. The van der Waals surface area contributed by atoms with Crippen molar-refractivity contribution in [3.8, 4) is 0 Å². The van der Waals surface area contributed by atoms with Crippen molar-refractivity contribution in [3.63, 3.8) is 0 Å². The lowest BCUT2D eigenvalue weighted by molar-refractivity contribution is 0.0693. The third-order valence-corrected chi connectivity index (χ3v) is 7.42. The second kappa shape index (κ2) is 9.77. The lowest BCUT2D eigenvalue weighted by Crippen LogP contribution is -2.48. The Kier molecular flexibility index (Phi) is 6.88. The molecule has 3 nitrogen and oxygen atoms in total. The molecule has 0 saturated carbocycles. The smallest absolute Gasteiger partial charge is 0.252 e. The maximum atomic E-state index is 13.4. The number of halogens is 1. The molecule has 2 aliphatic heterocycles. The highest BCUT2D eigenvalue weighted by molar-refractivity contribution is 7.99. The summed E-state index contributed by atoms with van der Waals surface area (Å²) in [7, 11) is 0. The number of carbonyl (C=O) groups is 1. The number of hydrogen-bond acceptors (Lipinski definition) is 3. The fraction of sp³-hybridized carbons (Fsp3) is 0.458. The van der Waals surface area contributed by atoms with Crippen molar-refractivity contribution in [3.05, 3.63) is 65.5 Å². The van der Waals surface area contributed by atoms with Crippen LogP contribution in [0.5, 0.6) is 0 Å². The number of rotatable bonds is 6. The van der Waals surface area contributed by atoms with E-state index < -0.39 is 0 Å². The van der Waals surface area contributed by atoms with E-state index in [-0.39, 0.29) is 11.7 Å². The zero-order valence-corrected chi connectivity index (χ0v) is 17.6. The number of carbonyl (C=O) groups excluding carboxylic acids is 1. The van der Waals surface area contributed by atoms with Crippen LogP contribution in [-0.4, -0.2) is 35.7 Å². The fourth-order valence-electron chi connectivity index (χ4n) is 4.67. The SMILES string of the molecule is O=C(NCc1cccc(F)c1)c1ccccc1SC[C@H]1CCCN2CCCC[C@@H]12. The Bertz CT molecular complexity index is 841. The van der Waals surface area contributed by atoms with Crippen LogP contribution in [-0.2, 0) is 6.54 Å². The van der Waals surface area contributed by atoms with Gasteiger partial charge in [-0.2, -0.15) is 0 Å². The molecule has 2 aliphatic rings. The van der Waals surface area contributed by atoms with E-state index >= 15 is 0 Å². The van der Waals surface area contributed by atoms with Crippen LogP contribution in [0.2, 0.25) is 0 Å². The second-order valence-corrected chi connectivity index (χ2v) is 9.18. The number of nitrogens with one attached hydrogen (secondary N) is 1. The van der Waals surface area contributed by atoms with Gasteiger partial charge in [-0.3, -0.25) is 4.79 Å². The van der Waals surface area contributed by atoms with Crippen LogP contribution in [0.25, 0.3) is 0 Å². The molecule has 0 aliphatic carbocycles. The van der Waals surface area contributed by atoms with Crippen molar-refractivity contribution in [2.45, 2.75) is 49.6 Å². The molecular formula is C24H29FN2OS. The summed E-state index contributed by atoms with van der Waals surface area (Å²) < 4.78 is 13.4.